The van der Waals surface area contributed by atoms with Crippen molar-refractivity contribution in [3.63, 3.8) is 0 Å². The van der Waals surface area contributed by atoms with Crippen LogP contribution in [0, 0.1) is 10.1 Å². The van der Waals surface area contributed by atoms with Gasteiger partial charge in [-0.3, -0.25) is 15.5 Å². The van der Waals surface area contributed by atoms with Crippen LogP contribution in [0.2, 0.25) is 0 Å². The lowest BCUT2D eigenvalue weighted by Gasteiger charge is -2.14. The van der Waals surface area contributed by atoms with Crippen LogP contribution in [0.15, 0.2) is 46.0 Å². The Kier molecular flexibility index (Phi) is 7.50. The molecule has 0 aliphatic carbocycles. The van der Waals surface area contributed by atoms with Gasteiger partial charge in [-0.05, 0) is 70.5 Å². The highest BCUT2D eigenvalue weighted by Crippen LogP contribution is 2.37. The number of nitrogens with one attached hydrogen (secondary N) is 1. The molecule has 10 heteroatoms. The molecule has 0 aliphatic rings. The standard InChI is InChI=1S/C17H17BrN4O4S/c1-2-25-15-8-12(9-20-21-17(19)27)7-14(18)16(15)26-10-11-3-5-13(6-4-11)22(23)24/h3-9H,2,10H2,1H3,(H3,19,21,27)/b20-9-. The highest BCUT2D eigenvalue weighted by atomic mass is 79.9. The van der Waals surface area contributed by atoms with E-state index < -0.39 is 4.92 Å². The molecule has 0 aromatic heterocycles. The van der Waals surface area contributed by atoms with Crippen molar-refractivity contribution in [3.8, 4) is 11.5 Å². The number of thiocarbonyl (C=S) groups is 1. The summed E-state index contributed by atoms with van der Waals surface area (Å²) in [5.41, 5.74) is 9.38. The number of nitrogens with two attached hydrogens (primary N) is 1. The second kappa shape index (κ2) is 9.83. The summed E-state index contributed by atoms with van der Waals surface area (Å²) < 4.78 is 12.2. The van der Waals surface area contributed by atoms with Crippen molar-refractivity contribution in [2.24, 2.45) is 10.8 Å². The van der Waals surface area contributed by atoms with E-state index in [4.69, 9.17) is 15.2 Å². The van der Waals surface area contributed by atoms with Crippen molar-refractivity contribution in [3.05, 3.63) is 62.1 Å². The zero-order valence-corrected chi connectivity index (χ0v) is 16.7. The van der Waals surface area contributed by atoms with Gasteiger partial charge in [-0.1, -0.05) is 0 Å². The van der Waals surface area contributed by atoms with E-state index in [0.29, 0.717) is 22.6 Å². The zero-order chi connectivity index (χ0) is 19.8. The fraction of sp³-hybridized carbons (Fsp3) is 0.176. The highest BCUT2D eigenvalue weighted by Gasteiger charge is 2.13. The van der Waals surface area contributed by atoms with Crippen LogP contribution < -0.4 is 20.6 Å². The molecule has 142 valence electrons. The summed E-state index contributed by atoms with van der Waals surface area (Å²) in [4.78, 5) is 10.3. The van der Waals surface area contributed by atoms with Gasteiger partial charge in [-0.2, -0.15) is 5.10 Å². The third-order valence-electron chi connectivity index (χ3n) is 3.25. The normalized spacial score (nSPS) is 10.6. The molecule has 0 spiro atoms. The van der Waals surface area contributed by atoms with E-state index in [1.807, 2.05) is 6.92 Å². The molecule has 0 fully saturated rings. The van der Waals surface area contributed by atoms with E-state index in [1.54, 1.807) is 30.5 Å². The van der Waals surface area contributed by atoms with Gasteiger partial charge in [0.05, 0.1) is 22.2 Å². The second-order valence-electron chi connectivity index (χ2n) is 5.21. The first-order valence-electron chi connectivity index (χ1n) is 7.81. The van der Waals surface area contributed by atoms with Gasteiger partial charge in [0.25, 0.3) is 5.69 Å². The van der Waals surface area contributed by atoms with Crippen LogP contribution in [0.3, 0.4) is 0 Å². The third-order valence-corrected chi connectivity index (χ3v) is 3.93. The largest absolute Gasteiger partial charge is 0.490 e. The molecular formula is C17H17BrN4O4S. The first kappa shape index (κ1) is 20.6. The van der Waals surface area contributed by atoms with Gasteiger partial charge in [0.2, 0.25) is 0 Å². The molecule has 27 heavy (non-hydrogen) atoms. The number of hydrogen-bond acceptors (Lipinski definition) is 6. The van der Waals surface area contributed by atoms with Crippen LogP contribution in [0.5, 0.6) is 11.5 Å². The Hall–Kier alpha value is -2.72. The van der Waals surface area contributed by atoms with Crippen LogP contribution in [0.25, 0.3) is 0 Å². The summed E-state index contributed by atoms with van der Waals surface area (Å²) >= 11 is 8.16. The second-order valence-corrected chi connectivity index (χ2v) is 6.50. The SMILES string of the molecule is CCOc1cc(/C=N\NC(N)=S)cc(Br)c1OCc1ccc([N+](=O)[O-])cc1. The number of non-ortho nitro benzene ring substituents is 1. The number of nitrogens with zero attached hydrogens (tertiary/aromatic N) is 2. The Morgan fingerprint density at radius 1 is 1.37 bits per heavy atom. The summed E-state index contributed by atoms with van der Waals surface area (Å²) in [6, 6.07) is 9.74. The monoisotopic (exact) mass is 452 g/mol. The average molecular weight is 453 g/mol. The third kappa shape index (κ3) is 6.19. The molecule has 0 saturated heterocycles. The van der Waals surface area contributed by atoms with Crippen molar-refractivity contribution >= 4 is 45.2 Å². The maximum absolute atomic E-state index is 10.7. The zero-order valence-electron chi connectivity index (χ0n) is 14.3. The Bertz CT molecular complexity index is 859. The van der Waals surface area contributed by atoms with Gasteiger partial charge in [-0.15, -0.1) is 0 Å². The van der Waals surface area contributed by atoms with Gasteiger partial charge in [0.1, 0.15) is 6.61 Å². The van der Waals surface area contributed by atoms with E-state index in [1.165, 1.54) is 12.1 Å². The molecule has 8 nitrogen and oxygen atoms in total. The summed E-state index contributed by atoms with van der Waals surface area (Å²) in [5, 5.41) is 14.7. The van der Waals surface area contributed by atoms with E-state index in [9.17, 15) is 10.1 Å². The molecule has 0 aliphatic heterocycles. The van der Waals surface area contributed by atoms with E-state index in [2.05, 4.69) is 38.7 Å². The number of hydrogen-bond donors (Lipinski definition) is 2. The molecule has 0 unspecified atom stereocenters. The van der Waals surface area contributed by atoms with Crippen LogP contribution in [-0.4, -0.2) is 22.9 Å². The predicted octanol–water partition coefficient (Wildman–Crippen LogP) is 3.50. The summed E-state index contributed by atoms with van der Waals surface area (Å²) in [5.74, 6) is 1.06. The Morgan fingerprint density at radius 3 is 2.67 bits per heavy atom. The van der Waals surface area contributed by atoms with Gasteiger partial charge in [0, 0.05) is 12.1 Å². The molecule has 0 saturated carbocycles. The van der Waals surface area contributed by atoms with Gasteiger partial charge in [-0.25, -0.2) is 0 Å². The molecule has 0 bridgehead atoms. The quantitative estimate of drug-likeness (QED) is 0.272. The number of rotatable bonds is 8. The van der Waals surface area contributed by atoms with E-state index in [-0.39, 0.29) is 17.4 Å². The van der Waals surface area contributed by atoms with Gasteiger partial charge in [0.15, 0.2) is 16.6 Å². The summed E-state index contributed by atoms with van der Waals surface area (Å²) in [7, 11) is 0. The van der Waals surface area contributed by atoms with E-state index >= 15 is 0 Å². The van der Waals surface area contributed by atoms with Crippen LogP contribution >= 0.6 is 28.1 Å². The Balaban J connectivity index is 2.18. The predicted molar refractivity (Wildman–Crippen MR) is 110 cm³/mol. The van der Waals surface area contributed by atoms with Crippen LogP contribution in [-0.2, 0) is 6.61 Å². The minimum atomic E-state index is -0.444. The van der Waals surface area contributed by atoms with E-state index in [0.717, 1.165) is 11.1 Å². The molecular weight excluding hydrogens is 436 g/mol. The van der Waals surface area contributed by atoms with Crippen LogP contribution in [0.4, 0.5) is 5.69 Å². The number of ether oxygens (including phenoxy) is 2. The molecule has 0 amide bonds. The smallest absolute Gasteiger partial charge is 0.269 e. The fourth-order valence-corrected chi connectivity index (χ4v) is 2.73. The van der Waals surface area contributed by atoms with Crippen molar-refractivity contribution in [2.75, 3.05) is 6.61 Å². The number of nitro groups is 1. The van der Waals surface area contributed by atoms with Gasteiger partial charge >= 0.3 is 0 Å². The van der Waals surface area contributed by atoms with Crippen molar-refractivity contribution < 1.29 is 14.4 Å². The van der Waals surface area contributed by atoms with Crippen molar-refractivity contribution in [2.45, 2.75) is 13.5 Å². The number of hydrazone groups is 1. The minimum Gasteiger partial charge on any atom is -0.490 e. The van der Waals surface area contributed by atoms with Crippen LogP contribution in [0.1, 0.15) is 18.1 Å². The number of benzene rings is 2. The Morgan fingerprint density at radius 2 is 2.07 bits per heavy atom. The molecule has 2 aromatic carbocycles. The van der Waals surface area contributed by atoms with Crippen molar-refractivity contribution in [1.29, 1.82) is 0 Å². The minimum absolute atomic E-state index is 0.0316. The molecule has 3 N–H and O–H groups in total. The number of nitro benzene ring substituents is 1. The molecule has 0 atom stereocenters. The molecule has 2 aromatic rings. The highest BCUT2D eigenvalue weighted by molar-refractivity contribution is 9.10. The lowest BCUT2D eigenvalue weighted by molar-refractivity contribution is -0.384. The molecule has 0 radical (unpaired) electrons. The topological polar surface area (TPSA) is 112 Å². The summed E-state index contributed by atoms with van der Waals surface area (Å²) in [6.07, 6.45) is 1.55. The van der Waals surface area contributed by atoms with Crippen molar-refractivity contribution in [1.82, 2.24) is 5.43 Å². The first-order chi connectivity index (χ1) is 12.9. The molecule has 0 heterocycles. The number of halogens is 1. The fourth-order valence-electron chi connectivity index (χ4n) is 2.11. The lowest BCUT2D eigenvalue weighted by atomic mass is 10.2. The summed E-state index contributed by atoms with van der Waals surface area (Å²) in [6.45, 7) is 2.54. The molecule has 2 rings (SSSR count). The maximum atomic E-state index is 10.7. The maximum Gasteiger partial charge on any atom is 0.269 e. The average Bonchev–Trinajstić information content (AvgIpc) is 2.61. The first-order valence-corrected chi connectivity index (χ1v) is 9.01. The Labute approximate surface area is 169 Å². The van der Waals surface area contributed by atoms with Gasteiger partial charge < -0.3 is 15.2 Å². The lowest BCUT2D eigenvalue weighted by Crippen LogP contribution is -2.23.